The number of nitrogens with one attached hydrogen (secondary N) is 2. The smallest absolute Gasteiger partial charge is 0.263 e. The second-order valence-corrected chi connectivity index (χ2v) is 8.92. The Morgan fingerprint density at radius 1 is 1.19 bits per heavy atom. The molecule has 156 valence electrons. The summed E-state index contributed by atoms with van der Waals surface area (Å²) >= 11 is 7.51. The van der Waals surface area contributed by atoms with Crippen molar-refractivity contribution in [1.82, 2.24) is 20.3 Å². The standard InChI is InChI=1S/C21H16ClN5O3S/c1-9-6-23-17-16-10-2-5-15(30-20-11-7-29-8-13(11)26-21(22)27-20)25-12(10)3-4-14(16)31-18(17)19(28)24-9/h2-5,9,23H,6-8H2,1H3,(H,24,28)/t9-/m0/s1. The van der Waals surface area contributed by atoms with Crippen molar-refractivity contribution in [2.24, 2.45) is 0 Å². The number of pyridine rings is 1. The number of nitrogens with zero attached hydrogens (tertiary/aromatic N) is 3. The molecule has 6 rings (SSSR count). The second kappa shape index (κ2) is 7.01. The Morgan fingerprint density at radius 2 is 2.10 bits per heavy atom. The van der Waals surface area contributed by atoms with E-state index in [1.807, 2.05) is 25.1 Å². The van der Waals surface area contributed by atoms with Crippen molar-refractivity contribution < 1.29 is 14.3 Å². The molecule has 2 N–H and O–H groups in total. The summed E-state index contributed by atoms with van der Waals surface area (Å²) in [5.74, 6) is 0.708. The van der Waals surface area contributed by atoms with Gasteiger partial charge in [0.1, 0.15) is 4.88 Å². The van der Waals surface area contributed by atoms with Crippen molar-refractivity contribution in [3.8, 4) is 11.8 Å². The van der Waals surface area contributed by atoms with Crippen LogP contribution in [0.1, 0.15) is 27.9 Å². The van der Waals surface area contributed by atoms with E-state index in [0.29, 0.717) is 36.4 Å². The Labute approximate surface area is 185 Å². The molecule has 0 spiro atoms. The molecule has 10 heteroatoms. The van der Waals surface area contributed by atoms with E-state index in [0.717, 1.165) is 37.9 Å². The van der Waals surface area contributed by atoms with Crippen LogP contribution in [0.2, 0.25) is 5.28 Å². The summed E-state index contributed by atoms with van der Waals surface area (Å²) in [5.41, 5.74) is 3.14. The first-order chi connectivity index (χ1) is 15.1. The largest absolute Gasteiger partial charge is 0.420 e. The average Bonchev–Trinajstić information content (AvgIpc) is 3.33. The predicted octanol–water partition coefficient (Wildman–Crippen LogP) is 4.26. The predicted molar refractivity (Wildman–Crippen MR) is 118 cm³/mol. The van der Waals surface area contributed by atoms with Gasteiger partial charge in [-0.2, -0.15) is 4.98 Å². The second-order valence-electron chi connectivity index (χ2n) is 7.53. The lowest BCUT2D eigenvalue weighted by Gasteiger charge is -2.11. The van der Waals surface area contributed by atoms with Crippen molar-refractivity contribution in [2.45, 2.75) is 26.2 Å². The molecule has 0 aliphatic carbocycles. The number of rotatable bonds is 2. The number of ether oxygens (including phenoxy) is 2. The molecule has 4 aromatic rings. The van der Waals surface area contributed by atoms with Crippen LogP contribution in [0.3, 0.4) is 0 Å². The topological polar surface area (TPSA) is 98.3 Å². The Kier molecular flexibility index (Phi) is 4.24. The normalized spacial score (nSPS) is 17.7. The molecule has 5 heterocycles. The zero-order valence-corrected chi connectivity index (χ0v) is 17.9. The Balaban J connectivity index is 1.45. The van der Waals surface area contributed by atoms with Gasteiger partial charge in [0.25, 0.3) is 5.91 Å². The van der Waals surface area contributed by atoms with Crippen LogP contribution in [-0.4, -0.2) is 33.4 Å². The maximum absolute atomic E-state index is 12.6. The summed E-state index contributed by atoms with van der Waals surface area (Å²) in [4.78, 5) is 26.3. The fourth-order valence-corrected chi connectivity index (χ4v) is 5.22. The zero-order valence-electron chi connectivity index (χ0n) is 16.4. The van der Waals surface area contributed by atoms with E-state index in [9.17, 15) is 4.79 Å². The first-order valence-electron chi connectivity index (χ1n) is 9.78. The van der Waals surface area contributed by atoms with Crippen molar-refractivity contribution in [2.75, 3.05) is 11.9 Å². The third-order valence-corrected chi connectivity index (χ3v) is 6.70. The number of anilines is 1. The minimum Gasteiger partial charge on any atom is -0.420 e. The van der Waals surface area contributed by atoms with Gasteiger partial charge in [-0.15, -0.1) is 11.3 Å². The highest BCUT2D eigenvalue weighted by molar-refractivity contribution is 7.21. The third kappa shape index (κ3) is 3.08. The van der Waals surface area contributed by atoms with E-state index in [-0.39, 0.29) is 17.2 Å². The van der Waals surface area contributed by atoms with E-state index >= 15 is 0 Å². The molecule has 2 aliphatic rings. The SMILES string of the molecule is C[C@H]1CNc2c(sc3ccc4nc(Oc5nc(Cl)nc6c5COC6)ccc4c23)C(=O)N1. The molecule has 0 saturated carbocycles. The van der Waals surface area contributed by atoms with Crippen LogP contribution in [0.4, 0.5) is 5.69 Å². The van der Waals surface area contributed by atoms with E-state index < -0.39 is 0 Å². The number of amides is 1. The summed E-state index contributed by atoms with van der Waals surface area (Å²) in [6.45, 7) is 3.41. The summed E-state index contributed by atoms with van der Waals surface area (Å²) in [6, 6.07) is 7.73. The van der Waals surface area contributed by atoms with Crippen molar-refractivity contribution in [3.05, 3.63) is 45.7 Å². The van der Waals surface area contributed by atoms with Crippen molar-refractivity contribution in [1.29, 1.82) is 0 Å². The van der Waals surface area contributed by atoms with Gasteiger partial charge in [-0.25, -0.2) is 9.97 Å². The number of hydrogen-bond acceptors (Lipinski definition) is 8. The molecule has 1 amide bonds. The highest BCUT2D eigenvalue weighted by Crippen LogP contribution is 2.41. The number of carbonyl (C=O) groups is 1. The van der Waals surface area contributed by atoms with Gasteiger partial charge in [-0.1, -0.05) is 0 Å². The summed E-state index contributed by atoms with van der Waals surface area (Å²) in [7, 11) is 0. The maximum Gasteiger partial charge on any atom is 0.263 e. The lowest BCUT2D eigenvalue weighted by atomic mass is 10.1. The fourth-order valence-electron chi connectivity index (χ4n) is 3.94. The van der Waals surface area contributed by atoms with Crippen LogP contribution in [-0.2, 0) is 18.0 Å². The lowest BCUT2D eigenvalue weighted by Crippen LogP contribution is -2.34. The van der Waals surface area contributed by atoms with Crippen molar-refractivity contribution >= 4 is 55.5 Å². The van der Waals surface area contributed by atoms with E-state index in [4.69, 9.17) is 21.1 Å². The molecule has 0 unspecified atom stereocenters. The van der Waals surface area contributed by atoms with Gasteiger partial charge in [0, 0.05) is 34.1 Å². The van der Waals surface area contributed by atoms with Gasteiger partial charge < -0.3 is 20.1 Å². The number of carbonyl (C=O) groups excluding carboxylic acids is 1. The molecule has 8 nitrogen and oxygen atoms in total. The number of hydrogen-bond donors (Lipinski definition) is 2. The summed E-state index contributed by atoms with van der Waals surface area (Å²) in [6.07, 6.45) is 0. The molecule has 0 radical (unpaired) electrons. The van der Waals surface area contributed by atoms with E-state index in [1.54, 1.807) is 6.07 Å². The first-order valence-corrected chi connectivity index (χ1v) is 11.0. The fraction of sp³-hybridized carbons (Fsp3) is 0.238. The van der Waals surface area contributed by atoms with Crippen LogP contribution in [0.25, 0.3) is 21.0 Å². The van der Waals surface area contributed by atoms with Crippen LogP contribution >= 0.6 is 22.9 Å². The molecular weight excluding hydrogens is 438 g/mol. The first kappa shape index (κ1) is 18.7. The Bertz CT molecular complexity index is 1390. The van der Waals surface area contributed by atoms with Crippen LogP contribution in [0, 0.1) is 0 Å². The summed E-state index contributed by atoms with van der Waals surface area (Å²) < 4.78 is 12.4. The van der Waals surface area contributed by atoms with Crippen LogP contribution in [0.5, 0.6) is 11.8 Å². The molecule has 31 heavy (non-hydrogen) atoms. The number of thiophene rings is 1. The van der Waals surface area contributed by atoms with Gasteiger partial charge in [0.15, 0.2) is 0 Å². The van der Waals surface area contributed by atoms with Gasteiger partial charge in [0.2, 0.25) is 17.0 Å². The minimum atomic E-state index is -0.0496. The highest BCUT2D eigenvalue weighted by Gasteiger charge is 2.25. The quantitative estimate of drug-likeness (QED) is 0.437. The molecule has 0 fully saturated rings. The molecule has 0 bridgehead atoms. The van der Waals surface area contributed by atoms with Crippen LogP contribution < -0.4 is 15.4 Å². The third-order valence-electron chi connectivity index (χ3n) is 5.38. The Morgan fingerprint density at radius 3 is 3.00 bits per heavy atom. The number of benzene rings is 1. The molecule has 3 aromatic heterocycles. The average molecular weight is 454 g/mol. The molecule has 0 saturated heterocycles. The monoisotopic (exact) mass is 453 g/mol. The zero-order chi connectivity index (χ0) is 21.1. The highest BCUT2D eigenvalue weighted by atomic mass is 35.5. The van der Waals surface area contributed by atoms with Gasteiger partial charge in [0.05, 0.1) is 35.7 Å². The van der Waals surface area contributed by atoms with Gasteiger partial charge in [-0.3, -0.25) is 4.79 Å². The lowest BCUT2D eigenvalue weighted by molar-refractivity contribution is 0.0949. The molecule has 2 aliphatic heterocycles. The molecular formula is C21H16ClN5O3S. The maximum atomic E-state index is 12.6. The number of aromatic nitrogens is 3. The minimum absolute atomic E-state index is 0.0496. The Hall–Kier alpha value is -3.01. The number of halogens is 1. The van der Waals surface area contributed by atoms with Gasteiger partial charge in [-0.05, 0) is 36.7 Å². The van der Waals surface area contributed by atoms with Gasteiger partial charge >= 0.3 is 0 Å². The van der Waals surface area contributed by atoms with E-state index in [2.05, 4.69) is 25.6 Å². The molecule has 1 aromatic carbocycles. The van der Waals surface area contributed by atoms with Crippen LogP contribution in [0.15, 0.2) is 24.3 Å². The van der Waals surface area contributed by atoms with E-state index in [1.165, 1.54) is 11.3 Å². The summed E-state index contributed by atoms with van der Waals surface area (Å²) in [5, 5.41) is 8.50. The van der Waals surface area contributed by atoms with Crippen molar-refractivity contribution in [3.63, 3.8) is 0 Å². The number of fused-ring (bicyclic) bond motifs is 6. The molecule has 1 atom stereocenters.